The molecule has 82 valence electrons. The second-order valence-electron chi connectivity index (χ2n) is 4.80. The van der Waals surface area contributed by atoms with E-state index in [-0.39, 0.29) is 0 Å². The maximum Gasteiger partial charge on any atom is 0.168 e. The molecule has 1 unspecified atom stereocenters. The van der Waals surface area contributed by atoms with Gasteiger partial charge in [-0.2, -0.15) is 10.5 Å². The van der Waals surface area contributed by atoms with Gasteiger partial charge in [0.15, 0.2) is 5.41 Å². The molecular formula is C13H14N2O. The molecule has 0 fully saturated rings. The van der Waals surface area contributed by atoms with Crippen molar-refractivity contribution in [3.05, 3.63) is 23.8 Å². The molecule has 0 aliphatic heterocycles. The van der Waals surface area contributed by atoms with Crippen LogP contribution in [0, 0.1) is 33.5 Å². The highest BCUT2D eigenvalue weighted by Gasteiger charge is 2.50. The molecule has 3 nitrogen and oxygen atoms in total. The van der Waals surface area contributed by atoms with Gasteiger partial charge in [0, 0.05) is 11.8 Å². The fourth-order valence-corrected chi connectivity index (χ4v) is 2.74. The van der Waals surface area contributed by atoms with Crippen LogP contribution in [-0.2, 0) is 0 Å². The van der Waals surface area contributed by atoms with Crippen LogP contribution in [0.5, 0.6) is 0 Å². The average molecular weight is 214 g/mol. The maximum atomic E-state index is 10.0. The summed E-state index contributed by atoms with van der Waals surface area (Å²) in [4.78, 5) is 0. The second kappa shape index (κ2) is 3.47. The van der Waals surface area contributed by atoms with Crippen molar-refractivity contribution >= 4 is 0 Å². The molecule has 1 N–H and O–H groups in total. The van der Waals surface area contributed by atoms with Crippen LogP contribution < -0.4 is 0 Å². The van der Waals surface area contributed by atoms with Gasteiger partial charge in [-0.15, -0.1) is 0 Å². The number of hydrogen-bond donors (Lipinski definition) is 1. The largest absolute Gasteiger partial charge is 0.392 e. The summed E-state index contributed by atoms with van der Waals surface area (Å²) < 4.78 is 0. The monoisotopic (exact) mass is 214 g/mol. The topological polar surface area (TPSA) is 67.8 Å². The number of nitriles is 2. The Balaban J connectivity index is 2.57. The third-order valence-corrected chi connectivity index (χ3v) is 3.87. The molecule has 0 radical (unpaired) electrons. The Morgan fingerprint density at radius 1 is 1.31 bits per heavy atom. The average Bonchev–Trinajstić information content (AvgIpc) is 2.50. The molecular weight excluding hydrogens is 200 g/mol. The third kappa shape index (κ3) is 1.22. The molecule has 16 heavy (non-hydrogen) atoms. The highest BCUT2D eigenvalue weighted by Crippen LogP contribution is 2.52. The first-order chi connectivity index (χ1) is 7.59. The van der Waals surface area contributed by atoms with E-state index in [1.54, 1.807) is 0 Å². The van der Waals surface area contributed by atoms with Crippen molar-refractivity contribution in [2.24, 2.45) is 10.8 Å². The normalized spacial score (nSPS) is 35.5. The summed E-state index contributed by atoms with van der Waals surface area (Å²) in [6.45, 7) is 1.94. The lowest BCUT2D eigenvalue weighted by atomic mass is 9.68. The van der Waals surface area contributed by atoms with Crippen molar-refractivity contribution in [3.8, 4) is 12.1 Å². The van der Waals surface area contributed by atoms with E-state index in [0.717, 1.165) is 5.57 Å². The molecule has 0 heterocycles. The summed E-state index contributed by atoms with van der Waals surface area (Å²) in [5.41, 5.74) is -0.722. The zero-order chi connectivity index (χ0) is 11.8. The van der Waals surface area contributed by atoms with E-state index in [1.807, 2.05) is 25.2 Å². The Morgan fingerprint density at radius 2 is 1.94 bits per heavy atom. The summed E-state index contributed by atoms with van der Waals surface area (Å²) >= 11 is 0. The standard InChI is InChI=1S/C13H14N2O/c1-12-6-2-3-7-13(8-14,9-15)10(12)4-5-11(12)16/h2-4,11,16H,5-7H2,1H3/t11-,12?/m0/s1. The van der Waals surface area contributed by atoms with E-state index >= 15 is 0 Å². The molecule has 0 saturated carbocycles. The predicted octanol–water partition coefficient (Wildman–Crippen LogP) is 2.07. The van der Waals surface area contributed by atoms with Crippen LogP contribution >= 0.6 is 0 Å². The van der Waals surface area contributed by atoms with Crippen LogP contribution in [-0.4, -0.2) is 11.2 Å². The number of allylic oxidation sites excluding steroid dienone is 2. The minimum atomic E-state index is -1.08. The van der Waals surface area contributed by atoms with Crippen LogP contribution in [0.4, 0.5) is 0 Å². The zero-order valence-electron chi connectivity index (χ0n) is 9.27. The fourth-order valence-electron chi connectivity index (χ4n) is 2.74. The van der Waals surface area contributed by atoms with Crippen molar-refractivity contribution in [1.82, 2.24) is 0 Å². The summed E-state index contributed by atoms with van der Waals surface area (Å²) in [5, 5.41) is 28.6. The first-order valence-corrected chi connectivity index (χ1v) is 5.46. The van der Waals surface area contributed by atoms with Crippen LogP contribution in [0.15, 0.2) is 23.8 Å². The van der Waals surface area contributed by atoms with Crippen molar-refractivity contribution in [3.63, 3.8) is 0 Å². The van der Waals surface area contributed by atoms with Gasteiger partial charge in [-0.1, -0.05) is 25.2 Å². The molecule has 0 amide bonds. The first-order valence-electron chi connectivity index (χ1n) is 5.46. The van der Waals surface area contributed by atoms with Gasteiger partial charge in [-0.3, -0.25) is 0 Å². The van der Waals surface area contributed by atoms with Gasteiger partial charge in [0.1, 0.15) is 0 Å². The molecule has 0 aromatic rings. The van der Waals surface area contributed by atoms with Gasteiger partial charge in [-0.25, -0.2) is 0 Å². The number of fused-ring (bicyclic) bond motifs is 1. The molecule has 2 atom stereocenters. The third-order valence-electron chi connectivity index (χ3n) is 3.87. The van der Waals surface area contributed by atoms with Gasteiger partial charge in [-0.05, 0) is 18.4 Å². The number of aliphatic hydroxyl groups is 1. The van der Waals surface area contributed by atoms with Crippen LogP contribution in [0.25, 0.3) is 0 Å². The Labute approximate surface area is 95.3 Å². The lowest BCUT2D eigenvalue weighted by Crippen LogP contribution is -2.35. The lowest BCUT2D eigenvalue weighted by Gasteiger charge is -2.34. The molecule has 2 rings (SSSR count). The second-order valence-corrected chi connectivity index (χ2v) is 4.80. The number of rotatable bonds is 0. The molecule has 2 aliphatic rings. The van der Waals surface area contributed by atoms with Crippen molar-refractivity contribution in [2.45, 2.75) is 32.3 Å². The quantitative estimate of drug-likeness (QED) is 0.627. The SMILES string of the molecule is CC12CC=CCC(C#N)(C#N)C1=CC[C@@H]2O. The van der Waals surface area contributed by atoms with Crippen LogP contribution in [0.3, 0.4) is 0 Å². The van der Waals surface area contributed by atoms with Gasteiger partial charge in [0.25, 0.3) is 0 Å². The van der Waals surface area contributed by atoms with E-state index in [2.05, 4.69) is 12.1 Å². The number of aliphatic hydroxyl groups excluding tert-OH is 1. The summed E-state index contributed by atoms with van der Waals surface area (Å²) in [7, 11) is 0. The zero-order valence-corrected chi connectivity index (χ0v) is 9.27. The van der Waals surface area contributed by atoms with Gasteiger partial charge >= 0.3 is 0 Å². The van der Waals surface area contributed by atoms with Crippen LogP contribution in [0.1, 0.15) is 26.2 Å². The minimum absolute atomic E-state index is 0.425. The molecule has 0 saturated heterocycles. The molecule has 0 bridgehead atoms. The lowest BCUT2D eigenvalue weighted by molar-refractivity contribution is 0.0752. The van der Waals surface area contributed by atoms with E-state index in [4.69, 9.17) is 0 Å². The van der Waals surface area contributed by atoms with E-state index in [9.17, 15) is 15.6 Å². The van der Waals surface area contributed by atoms with Crippen molar-refractivity contribution in [2.75, 3.05) is 0 Å². The first kappa shape index (κ1) is 10.9. The Hall–Kier alpha value is -1.58. The Bertz CT molecular complexity index is 436. The molecule has 0 aromatic carbocycles. The summed E-state index contributed by atoms with van der Waals surface area (Å²) in [6, 6.07) is 4.27. The summed E-state index contributed by atoms with van der Waals surface area (Å²) in [5.74, 6) is 0. The van der Waals surface area contributed by atoms with E-state index < -0.39 is 16.9 Å². The predicted molar refractivity (Wildman–Crippen MR) is 58.8 cm³/mol. The molecule has 3 heteroatoms. The fraction of sp³-hybridized carbons (Fsp3) is 0.538. The van der Waals surface area contributed by atoms with Gasteiger partial charge in [0.2, 0.25) is 0 Å². The summed E-state index contributed by atoms with van der Waals surface area (Å²) in [6.07, 6.45) is 6.92. The molecule has 2 aliphatic carbocycles. The van der Waals surface area contributed by atoms with Gasteiger partial charge < -0.3 is 5.11 Å². The van der Waals surface area contributed by atoms with E-state index in [0.29, 0.717) is 19.3 Å². The number of nitrogens with zero attached hydrogens (tertiary/aromatic N) is 2. The highest BCUT2D eigenvalue weighted by molar-refractivity contribution is 5.43. The Morgan fingerprint density at radius 3 is 2.56 bits per heavy atom. The smallest absolute Gasteiger partial charge is 0.168 e. The molecule has 0 spiro atoms. The van der Waals surface area contributed by atoms with E-state index in [1.165, 1.54) is 0 Å². The highest BCUT2D eigenvalue weighted by atomic mass is 16.3. The van der Waals surface area contributed by atoms with Crippen molar-refractivity contribution < 1.29 is 5.11 Å². The number of hydrogen-bond acceptors (Lipinski definition) is 3. The molecule has 0 aromatic heterocycles. The maximum absolute atomic E-state index is 10.0. The minimum Gasteiger partial charge on any atom is -0.392 e. The van der Waals surface area contributed by atoms with Gasteiger partial charge in [0.05, 0.1) is 18.2 Å². The van der Waals surface area contributed by atoms with Crippen LogP contribution in [0.2, 0.25) is 0 Å². The Kier molecular flexibility index (Phi) is 2.37. The van der Waals surface area contributed by atoms with Crippen molar-refractivity contribution in [1.29, 1.82) is 10.5 Å².